The number of aliphatic hydroxyl groups excluding tert-OH is 1. The second-order valence-electron chi connectivity index (χ2n) is 5.21. The van der Waals surface area contributed by atoms with Crippen molar-refractivity contribution in [3.8, 4) is 0 Å². The van der Waals surface area contributed by atoms with Gasteiger partial charge in [-0.05, 0) is 31.7 Å². The summed E-state index contributed by atoms with van der Waals surface area (Å²) in [5, 5.41) is 12.5. The van der Waals surface area contributed by atoms with Gasteiger partial charge < -0.3 is 15.3 Å². The van der Waals surface area contributed by atoms with Gasteiger partial charge in [0.05, 0.1) is 6.10 Å². The van der Waals surface area contributed by atoms with E-state index < -0.39 is 0 Å². The van der Waals surface area contributed by atoms with E-state index in [1.807, 2.05) is 6.07 Å². The third-order valence-electron chi connectivity index (χ3n) is 3.46. The first-order chi connectivity index (χ1) is 9.15. The highest BCUT2D eigenvalue weighted by molar-refractivity contribution is 5.74. The Kier molecular flexibility index (Phi) is 4.80. The normalized spacial score (nSPS) is 19.3. The molecule has 1 aliphatic rings. The number of nitrogens with one attached hydrogen (secondary N) is 1. The molecular weight excluding hydrogens is 240 g/mol. The van der Waals surface area contributed by atoms with Gasteiger partial charge in [0.25, 0.3) is 0 Å². The molecular formula is C15H22N2O2. The summed E-state index contributed by atoms with van der Waals surface area (Å²) < 4.78 is 0. The third-order valence-corrected chi connectivity index (χ3v) is 3.46. The fourth-order valence-electron chi connectivity index (χ4n) is 2.43. The van der Waals surface area contributed by atoms with Crippen molar-refractivity contribution in [1.82, 2.24) is 10.2 Å². The number of rotatable bonds is 3. The van der Waals surface area contributed by atoms with Crippen molar-refractivity contribution in [2.75, 3.05) is 19.6 Å². The van der Waals surface area contributed by atoms with Gasteiger partial charge >= 0.3 is 6.03 Å². The average Bonchev–Trinajstić information content (AvgIpc) is 2.38. The highest BCUT2D eigenvalue weighted by atomic mass is 16.3. The molecule has 1 saturated heterocycles. The molecule has 1 atom stereocenters. The van der Waals surface area contributed by atoms with Crippen molar-refractivity contribution in [3.63, 3.8) is 0 Å². The minimum Gasteiger partial charge on any atom is -0.391 e. The van der Waals surface area contributed by atoms with Crippen LogP contribution in [0.5, 0.6) is 0 Å². The molecule has 2 amide bonds. The molecule has 0 radical (unpaired) electrons. The molecule has 0 saturated carbocycles. The molecule has 104 valence electrons. The monoisotopic (exact) mass is 262 g/mol. The van der Waals surface area contributed by atoms with Crippen LogP contribution in [0.1, 0.15) is 24.0 Å². The molecule has 4 heteroatoms. The van der Waals surface area contributed by atoms with Crippen molar-refractivity contribution < 1.29 is 9.90 Å². The maximum absolute atomic E-state index is 11.9. The van der Waals surface area contributed by atoms with Crippen molar-refractivity contribution >= 4 is 6.03 Å². The van der Waals surface area contributed by atoms with E-state index in [4.69, 9.17) is 0 Å². The van der Waals surface area contributed by atoms with E-state index in [-0.39, 0.29) is 12.1 Å². The number of piperidine rings is 1. The van der Waals surface area contributed by atoms with Crippen molar-refractivity contribution in [3.05, 3.63) is 35.4 Å². The second kappa shape index (κ2) is 6.57. The van der Waals surface area contributed by atoms with E-state index in [9.17, 15) is 9.90 Å². The smallest absolute Gasteiger partial charge is 0.317 e. The summed E-state index contributed by atoms with van der Waals surface area (Å²) in [4.78, 5) is 13.6. The molecule has 1 aromatic rings. The summed E-state index contributed by atoms with van der Waals surface area (Å²) >= 11 is 0. The standard InChI is InChI=1S/C15H22N2O2/c1-12-4-2-5-13(10-12)7-8-16-15(19)17-9-3-6-14(18)11-17/h2,4-5,10,14,18H,3,6-9,11H2,1H3,(H,16,19). The molecule has 4 nitrogen and oxygen atoms in total. The van der Waals surface area contributed by atoms with E-state index in [1.54, 1.807) is 4.90 Å². The number of urea groups is 1. The van der Waals surface area contributed by atoms with E-state index in [0.29, 0.717) is 13.1 Å². The van der Waals surface area contributed by atoms with Crippen molar-refractivity contribution in [1.29, 1.82) is 0 Å². The highest BCUT2D eigenvalue weighted by Crippen LogP contribution is 2.09. The summed E-state index contributed by atoms with van der Waals surface area (Å²) in [6.45, 7) is 3.90. The lowest BCUT2D eigenvalue weighted by atomic mass is 10.1. The first-order valence-corrected chi connectivity index (χ1v) is 6.91. The van der Waals surface area contributed by atoms with Crippen LogP contribution in [0.2, 0.25) is 0 Å². The first kappa shape index (κ1) is 13.9. The summed E-state index contributed by atoms with van der Waals surface area (Å²) in [6, 6.07) is 8.25. The molecule has 0 aromatic heterocycles. The van der Waals surface area contributed by atoms with Gasteiger partial charge in [-0.25, -0.2) is 4.79 Å². The molecule has 1 fully saturated rings. The Morgan fingerprint density at radius 2 is 2.37 bits per heavy atom. The van der Waals surface area contributed by atoms with E-state index in [0.717, 1.165) is 25.8 Å². The molecule has 0 bridgehead atoms. The Morgan fingerprint density at radius 3 is 3.11 bits per heavy atom. The number of benzene rings is 1. The number of hydrogen-bond acceptors (Lipinski definition) is 2. The van der Waals surface area contributed by atoms with Gasteiger partial charge in [-0.15, -0.1) is 0 Å². The molecule has 2 rings (SSSR count). The number of β-amino-alcohol motifs (C(OH)–C–C–N with tert-alkyl or cyclic N) is 1. The zero-order chi connectivity index (χ0) is 13.7. The maximum Gasteiger partial charge on any atom is 0.317 e. The number of aliphatic hydroxyl groups is 1. The Balaban J connectivity index is 1.74. The van der Waals surface area contributed by atoms with Crippen LogP contribution in [0.15, 0.2) is 24.3 Å². The summed E-state index contributed by atoms with van der Waals surface area (Å²) in [7, 11) is 0. The van der Waals surface area contributed by atoms with E-state index in [1.165, 1.54) is 11.1 Å². The van der Waals surface area contributed by atoms with Crippen LogP contribution in [0, 0.1) is 6.92 Å². The Morgan fingerprint density at radius 1 is 1.53 bits per heavy atom. The zero-order valence-electron chi connectivity index (χ0n) is 11.4. The van der Waals surface area contributed by atoms with Gasteiger partial charge in [0.2, 0.25) is 0 Å². The van der Waals surface area contributed by atoms with E-state index in [2.05, 4.69) is 30.4 Å². The summed E-state index contributed by atoms with van der Waals surface area (Å²) in [6.07, 6.45) is 2.15. The lowest BCUT2D eigenvalue weighted by Gasteiger charge is -2.30. The van der Waals surface area contributed by atoms with Crippen molar-refractivity contribution in [2.45, 2.75) is 32.3 Å². The topological polar surface area (TPSA) is 52.6 Å². The minimum atomic E-state index is -0.365. The van der Waals surface area contributed by atoms with Crippen LogP contribution in [-0.4, -0.2) is 41.8 Å². The SMILES string of the molecule is Cc1cccc(CCNC(=O)N2CCCC(O)C2)c1. The molecule has 19 heavy (non-hydrogen) atoms. The Bertz CT molecular complexity index is 434. The number of carbonyl (C=O) groups excluding carboxylic acids is 1. The van der Waals surface area contributed by atoms with Crippen LogP contribution in [0.3, 0.4) is 0 Å². The number of likely N-dealkylation sites (tertiary alicyclic amines) is 1. The molecule has 1 aliphatic heterocycles. The van der Waals surface area contributed by atoms with Gasteiger partial charge in [-0.2, -0.15) is 0 Å². The average molecular weight is 262 g/mol. The fraction of sp³-hybridized carbons (Fsp3) is 0.533. The zero-order valence-corrected chi connectivity index (χ0v) is 11.4. The van der Waals surface area contributed by atoms with Gasteiger partial charge in [0.15, 0.2) is 0 Å². The maximum atomic E-state index is 11.9. The van der Waals surface area contributed by atoms with Crippen LogP contribution in [0.25, 0.3) is 0 Å². The molecule has 0 aliphatic carbocycles. The van der Waals surface area contributed by atoms with E-state index >= 15 is 0 Å². The lowest BCUT2D eigenvalue weighted by molar-refractivity contribution is 0.0843. The molecule has 1 heterocycles. The first-order valence-electron chi connectivity index (χ1n) is 6.91. The second-order valence-corrected chi connectivity index (χ2v) is 5.21. The van der Waals surface area contributed by atoms with Gasteiger partial charge in [-0.3, -0.25) is 0 Å². The van der Waals surface area contributed by atoms with Gasteiger partial charge in [0.1, 0.15) is 0 Å². The quantitative estimate of drug-likeness (QED) is 0.871. The molecule has 1 aromatic carbocycles. The number of carbonyl (C=O) groups is 1. The van der Waals surface area contributed by atoms with Crippen LogP contribution < -0.4 is 5.32 Å². The fourth-order valence-corrected chi connectivity index (χ4v) is 2.43. The largest absolute Gasteiger partial charge is 0.391 e. The lowest BCUT2D eigenvalue weighted by Crippen LogP contribution is -2.47. The van der Waals surface area contributed by atoms with Gasteiger partial charge in [-0.1, -0.05) is 29.8 Å². The number of nitrogens with zero attached hydrogens (tertiary/aromatic N) is 1. The third kappa shape index (κ3) is 4.24. The predicted molar refractivity (Wildman–Crippen MR) is 75.1 cm³/mol. The van der Waals surface area contributed by atoms with Crippen LogP contribution in [-0.2, 0) is 6.42 Å². The summed E-state index contributed by atoms with van der Waals surface area (Å²) in [5.74, 6) is 0. The van der Waals surface area contributed by atoms with Crippen LogP contribution in [0.4, 0.5) is 4.79 Å². The summed E-state index contributed by atoms with van der Waals surface area (Å²) in [5.41, 5.74) is 2.47. The number of aryl methyl sites for hydroxylation is 1. The highest BCUT2D eigenvalue weighted by Gasteiger charge is 2.21. The predicted octanol–water partition coefficient (Wildman–Crippen LogP) is 1.70. The molecule has 2 N–H and O–H groups in total. The number of amides is 2. The minimum absolute atomic E-state index is 0.0635. The Hall–Kier alpha value is -1.55. The number of hydrogen-bond donors (Lipinski definition) is 2. The van der Waals surface area contributed by atoms with Crippen LogP contribution >= 0.6 is 0 Å². The Labute approximate surface area is 114 Å². The van der Waals surface area contributed by atoms with Crippen molar-refractivity contribution in [2.24, 2.45) is 0 Å². The van der Waals surface area contributed by atoms with Gasteiger partial charge in [0, 0.05) is 19.6 Å². The molecule has 1 unspecified atom stereocenters. The molecule has 0 spiro atoms.